The van der Waals surface area contributed by atoms with E-state index in [2.05, 4.69) is 86.3 Å². The van der Waals surface area contributed by atoms with Gasteiger partial charge in [0.25, 0.3) is 8.32 Å². The number of aliphatic hydroxyl groups is 1. The summed E-state index contributed by atoms with van der Waals surface area (Å²) in [6, 6.07) is 22.6. The molecule has 2 saturated heterocycles. The van der Waals surface area contributed by atoms with Gasteiger partial charge in [-0.1, -0.05) is 81.4 Å². The van der Waals surface area contributed by atoms with Crippen molar-refractivity contribution in [2.45, 2.75) is 75.9 Å². The van der Waals surface area contributed by atoms with Crippen molar-refractivity contribution in [2.75, 3.05) is 19.8 Å². The molecule has 0 bridgehead atoms. The first-order valence-electron chi connectivity index (χ1n) is 12.1. The SMILES string of the molecule is CC(C)(C)[Si](OC[C@@]12CCCN1[C@H](CCCO)CC2)(c1ccccc1)c1ccccc1. The number of aliphatic hydroxyl groups excluding tert-OH is 1. The zero-order valence-electron chi connectivity index (χ0n) is 19.5. The van der Waals surface area contributed by atoms with E-state index >= 15 is 0 Å². The third-order valence-electron chi connectivity index (χ3n) is 7.70. The van der Waals surface area contributed by atoms with Crippen molar-refractivity contribution < 1.29 is 9.53 Å². The van der Waals surface area contributed by atoms with Gasteiger partial charge in [0.05, 0.1) is 6.61 Å². The summed E-state index contributed by atoms with van der Waals surface area (Å²) in [5.74, 6) is 0. The summed E-state index contributed by atoms with van der Waals surface area (Å²) < 4.78 is 7.36. The molecule has 0 unspecified atom stereocenters. The summed E-state index contributed by atoms with van der Waals surface area (Å²) in [5, 5.41) is 12.1. The van der Waals surface area contributed by atoms with Crippen LogP contribution in [-0.4, -0.2) is 49.7 Å². The number of benzene rings is 2. The standard InChI is InChI=1S/C27H39NO2Si/c1-26(2,3)31(24-13-6-4-7-14-24,25-15-8-5-9-16-25)30-22-27-18-11-20-28(27)23(17-19-27)12-10-21-29/h4-9,13-16,23,29H,10-12,17-22H2,1-3H3/t23-,27+/m1/s1. The minimum atomic E-state index is -2.50. The average molecular weight is 438 g/mol. The second kappa shape index (κ2) is 9.19. The molecule has 0 saturated carbocycles. The molecule has 3 nitrogen and oxygen atoms in total. The van der Waals surface area contributed by atoms with Crippen molar-refractivity contribution in [3.05, 3.63) is 60.7 Å². The minimum Gasteiger partial charge on any atom is -0.406 e. The Balaban J connectivity index is 1.69. The van der Waals surface area contributed by atoms with Crippen LogP contribution in [0, 0.1) is 0 Å². The molecule has 0 amide bonds. The van der Waals surface area contributed by atoms with E-state index in [-0.39, 0.29) is 10.6 Å². The smallest absolute Gasteiger partial charge is 0.261 e. The lowest BCUT2D eigenvalue weighted by Crippen LogP contribution is -2.68. The van der Waals surface area contributed by atoms with Crippen LogP contribution in [0.25, 0.3) is 0 Å². The minimum absolute atomic E-state index is 0.0185. The Bertz CT molecular complexity index is 796. The van der Waals surface area contributed by atoms with Gasteiger partial charge >= 0.3 is 0 Å². The Morgan fingerprint density at radius 3 is 2.16 bits per heavy atom. The number of nitrogens with zero attached hydrogens (tertiary/aromatic N) is 1. The summed E-state index contributed by atoms with van der Waals surface area (Å²) in [6.45, 7) is 9.39. The maximum atomic E-state index is 9.35. The molecule has 2 aliphatic heterocycles. The monoisotopic (exact) mass is 437 g/mol. The van der Waals surface area contributed by atoms with Gasteiger partial charge in [-0.2, -0.15) is 0 Å². The average Bonchev–Trinajstić information content (AvgIpc) is 3.33. The van der Waals surface area contributed by atoms with E-state index in [0.29, 0.717) is 12.6 Å². The third-order valence-corrected chi connectivity index (χ3v) is 12.7. The molecule has 168 valence electrons. The molecule has 2 atom stereocenters. The molecule has 0 radical (unpaired) electrons. The lowest BCUT2D eigenvalue weighted by Gasteiger charge is -2.46. The summed E-state index contributed by atoms with van der Waals surface area (Å²) >= 11 is 0. The Morgan fingerprint density at radius 1 is 1.00 bits per heavy atom. The molecule has 0 spiro atoms. The zero-order chi connectivity index (χ0) is 22.0. The van der Waals surface area contributed by atoms with Crippen LogP contribution in [0.4, 0.5) is 0 Å². The van der Waals surface area contributed by atoms with E-state index in [1.807, 2.05) is 0 Å². The second-order valence-corrected chi connectivity index (χ2v) is 14.8. The fourth-order valence-electron chi connectivity index (χ4n) is 6.25. The first-order chi connectivity index (χ1) is 14.9. The van der Waals surface area contributed by atoms with Crippen molar-refractivity contribution in [3.63, 3.8) is 0 Å². The molecule has 4 heteroatoms. The molecule has 2 aromatic carbocycles. The van der Waals surface area contributed by atoms with Gasteiger partial charge in [0.2, 0.25) is 0 Å². The van der Waals surface area contributed by atoms with Gasteiger partial charge in [0.15, 0.2) is 0 Å². The van der Waals surface area contributed by atoms with Gasteiger partial charge in [-0.25, -0.2) is 0 Å². The van der Waals surface area contributed by atoms with Crippen LogP contribution in [0.15, 0.2) is 60.7 Å². The highest BCUT2D eigenvalue weighted by Crippen LogP contribution is 2.45. The van der Waals surface area contributed by atoms with Crippen LogP contribution in [0.2, 0.25) is 5.04 Å². The van der Waals surface area contributed by atoms with Crippen LogP contribution in [0.1, 0.15) is 59.3 Å². The van der Waals surface area contributed by atoms with Crippen molar-refractivity contribution in [1.82, 2.24) is 4.90 Å². The van der Waals surface area contributed by atoms with Crippen LogP contribution >= 0.6 is 0 Å². The molecule has 4 rings (SSSR count). The Hall–Kier alpha value is -1.46. The number of rotatable bonds is 8. The fraction of sp³-hybridized carbons (Fsp3) is 0.556. The highest BCUT2D eigenvalue weighted by Gasteiger charge is 2.54. The van der Waals surface area contributed by atoms with Crippen molar-refractivity contribution >= 4 is 18.7 Å². The topological polar surface area (TPSA) is 32.7 Å². The van der Waals surface area contributed by atoms with Crippen LogP contribution in [0.3, 0.4) is 0 Å². The summed E-state index contributed by atoms with van der Waals surface area (Å²) in [6.07, 6.45) is 6.98. The molecule has 0 aliphatic carbocycles. The summed E-state index contributed by atoms with van der Waals surface area (Å²) in [4.78, 5) is 2.75. The molecular weight excluding hydrogens is 398 g/mol. The van der Waals surface area contributed by atoms with Crippen molar-refractivity contribution in [1.29, 1.82) is 0 Å². The molecular formula is C27H39NO2Si. The number of hydrogen-bond acceptors (Lipinski definition) is 3. The predicted molar refractivity (Wildman–Crippen MR) is 132 cm³/mol. The van der Waals surface area contributed by atoms with Gasteiger partial charge in [-0.05, 0) is 60.5 Å². The number of hydrogen-bond donors (Lipinski definition) is 1. The highest BCUT2D eigenvalue weighted by molar-refractivity contribution is 6.99. The molecule has 31 heavy (non-hydrogen) atoms. The molecule has 2 fully saturated rings. The molecule has 0 aromatic heterocycles. The van der Waals surface area contributed by atoms with Crippen molar-refractivity contribution in [3.8, 4) is 0 Å². The zero-order valence-corrected chi connectivity index (χ0v) is 20.5. The first kappa shape index (κ1) is 22.7. The van der Waals surface area contributed by atoms with Crippen LogP contribution in [-0.2, 0) is 4.43 Å². The van der Waals surface area contributed by atoms with Gasteiger partial charge in [-0.3, -0.25) is 4.90 Å². The maximum Gasteiger partial charge on any atom is 0.261 e. The lowest BCUT2D eigenvalue weighted by molar-refractivity contribution is 0.0800. The number of fused-ring (bicyclic) bond motifs is 1. The quantitative estimate of drug-likeness (QED) is 0.624. The lowest BCUT2D eigenvalue weighted by atomic mass is 9.95. The van der Waals surface area contributed by atoms with Gasteiger partial charge in [0, 0.05) is 18.2 Å². The van der Waals surface area contributed by atoms with Crippen LogP contribution < -0.4 is 10.4 Å². The predicted octanol–water partition coefficient (Wildman–Crippen LogP) is 4.33. The van der Waals surface area contributed by atoms with Crippen LogP contribution in [0.5, 0.6) is 0 Å². The summed E-state index contributed by atoms with van der Waals surface area (Å²) in [7, 11) is -2.50. The molecule has 2 aromatic rings. The third kappa shape index (κ3) is 4.16. The Morgan fingerprint density at radius 2 is 1.61 bits per heavy atom. The molecule has 1 N–H and O–H groups in total. The molecule has 2 aliphatic rings. The van der Waals surface area contributed by atoms with E-state index in [1.165, 1.54) is 42.6 Å². The fourth-order valence-corrected chi connectivity index (χ4v) is 10.9. The van der Waals surface area contributed by atoms with E-state index in [4.69, 9.17) is 4.43 Å². The van der Waals surface area contributed by atoms with E-state index in [1.54, 1.807) is 0 Å². The van der Waals surface area contributed by atoms with E-state index in [0.717, 1.165) is 19.4 Å². The highest BCUT2D eigenvalue weighted by atomic mass is 28.4. The maximum absolute atomic E-state index is 9.35. The van der Waals surface area contributed by atoms with E-state index < -0.39 is 8.32 Å². The van der Waals surface area contributed by atoms with E-state index in [9.17, 15) is 5.11 Å². The van der Waals surface area contributed by atoms with Gasteiger partial charge in [-0.15, -0.1) is 0 Å². The largest absolute Gasteiger partial charge is 0.406 e. The normalized spacial score (nSPS) is 24.5. The Kier molecular flexibility index (Phi) is 6.73. The van der Waals surface area contributed by atoms with Gasteiger partial charge < -0.3 is 9.53 Å². The first-order valence-corrected chi connectivity index (χ1v) is 14.0. The second-order valence-electron chi connectivity index (χ2n) is 10.5. The Labute approximate surface area is 189 Å². The summed E-state index contributed by atoms with van der Waals surface area (Å²) in [5.41, 5.74) is 0.174. The van der Waals surface area contributed by atoms with Crippen molar-refractivity contribution in [2.24, 2.45) is 0 Å². The van der Waals surface area contributed by atoms with Gasteiger partial charge in [0.1, 0.15) is 0 Å². The molecule has 2 heterocycles.